The molecule has 0 bridgehead atoms. The van der Waals surface area contributed by atoms with Crippen LogP contribution in [0, 0.1) is 5.92 Å². The Labute approximate surface area is 124 Å². The Balaban J connectivity index is 0.00000180. The fourth-order valence-electron chi connectivity index (χ4n) is 3.46. The van der Waals surface area contributed by atoms with Gasteiger partial charge in [0, 0.05) is 11.6 Å². The number of piperidine rings is 1. The van der Waals surface area contributed by atoms with Crippen molar-refractivity contribution in [3.05, 3.63) is 0 Å². The largest absolute Gasteiger partial charge is 0.359 e. The van der Waals surface area contributed by atoms with E-state index in [4.69, 9.17) is 4.74 Å². The third-order valence-corrected chi connectivity index (χ3v) is 4.41. The Bertz CT molecular complexity index is 288. The van der Waals surface area contributed by atoms with Crippen molar-refractivity contribution in [3.8, 4) is 0 Å². The van der Waals surface area contributed by atoms with Gasteiger partial charge in [-0.3, -0.25) is 5.32 Å². The quantitative estimate of drug-likeness (QED) is 0.865. The molecule has 2 aliphatic heterocycles. The molecule has 0 amide bonds. The maximum Gasteiger partial charge on any atom is 0.117 e. The van der Waals surface area contributed by atoms with Crippen molar-refractivity contribution in [2.75, 3.05) is 19.7 Å². The van der Waals surface area contributed by atoms with E-state index in [1.807, 2.05) is 0 Å². The van der Waals surface area contributed by atoms with E-state index in [2.05, 4.69) is 44.8 Å². The van der Waals surface area contributed by atoms with Gasteiger partial charge in [-0.2, -0.15) is 0 Å². The minimum atomic E-state index is -0.103. The zero-order valence-electron chi connectivity index (χ0n) is 13.2. The summed E-state index contributed by atoms with van der Waals surface area (Å²) in [5, 5.41) is 3.65. The van der Waals surface area contributed by atoms with E-state index < -0.39 is 0 Å². The number of likely N-dealkylation sites (tertiary alicyclic amines) is 1. The average molecular weight is 291 g/mol. The molecule has 1 N–H and O–H groups in total. The second-order valence-corrected chi connectivity index (χ2v) is 7.31. The van der Waals surface area contributed by atoms with Crippen molar-refractivity contribution < 1.29 is 4.74 Å². The lowest BCUT2D eigenvalue weighted by Gasteiger charge is -2.38. The Hall–Kier alpha value is 0.170. The first kappa shape index (κ1) is 17.2. The van der Waals surface area contributed by atoms with Crippen LogP contribution in [0.25, 0.3) is 0 Å². The first-order valence-corrected chi connectivity index (χ1v) is 7.47. The highest BCUT2D eigenvalue weighted by atomic mass is 35.5. The Morgan fingerprint density at radius 3 is 2.21 bits per heavy atom. The predicted molar refractivity (Wildman–Crippen MR) is 82.9 cm³/mol. The first-order valence-electron chi connectivity index (χ1n) is 7.47. The first-order chi connectivity index (χ1) is 8.30. The molecule has 19 heavy (non-hydrogen) atoms. The van der Waals surface area contributed by atoms with E-state index in [0.717, 1.165) is 18.9 Å². The lowest BCUT2D eigenvalue weighted by atomic mass is 9.88. The Morgan fingerprint density at radius 1 is 1.21 bits per heavy atom. The number of rotatable bonds is 3. The van der Waals surface area contributed by atoms with Crippen molar-refractivity contribution >= 4 is 12.4 Å². The molecular weight excluding hydrogens is 260 g/mol. The van der Waals surface area contributed by atoms with E-state index in [0.29, 0.717) is 6.04 Å². The molecule has 0 aromatic carbocycles. The number of hydrogen-bond donors (Lipinski definition) is 1. The predicted octanol–water partition coefficient (Wildman–Crippen LogP) is 3.03. The van der Waals surface area contributed by atoms with Gasteiger partial charge in [0.05, 0.1) is 6.61 Å². The number of halogens is 1. The standard InChI is InChI=1S/C15H30N2O.ClH/c1-12(2)17-8-6-13(7-9-17)10-15(5)16-14(3,4)11-18-15;/h12-13,16H,6-11H2,1-5H3;1H. The average Bonchev–Trinajstić information content (AvgIpc) is 2.53. The van der Waals surface area contributed by atoms with Crippen molar-refractivity contribution in [1.82, 2.24) is 10.2 Å². The van der Waals surface area contributed by atoms with Crippen LogP contribution in [-0.4, -0.2) is 41.9 Å². The third-order valence-electron chi connectivity index (χ3n) is 4.41. The maximum absolute atomic E-state index is 6.01. The third kappa shape index (κ3) is 4.59. The molecule has 0 radical (unpaired) electrons. The Morgan fingerprint density at radius 2 is 1.79 bits per heavy atom. The minimum Gasteiger partial charge on any atom is -0.359 e. The molecule has 3 nitrogen and oxygen atoms in total. The van der Waals surface area contributed by atoms with Crippen molar-refractivity contribution in [3.63, 3.8) is 0 Å². The summed E-state index contributed by atoms with van der Waals surface area (Å²) < 4.78 is 6.01. The smallest absolute Gasteiger partial charge is 0.117 e. The van der Waals surface area contributed by atoms with Gasteiger partial charge in [0.15, 0.2) is 0 Å². The highest BCUT2D eigenvalue weighted by Crippen LogP contribution is 2.32. The van der Waals surface area contributed by atoms with Crippen LogP contribution in [0.4, 0.5) is 0 Å². The van der Waals surface area contributed by atoms with Gasteiger partial charge in [-0.15, -0.1) is 12.4 Å². The summed E-state index contributed by atoms with van der Waals surface area (Å²) in [6.07, 6.45) is 3.79. The summed E-state index contributed by atoms with van der Waals surface area (Å²) in [4.78, 5) is 2.59. The lowest BCUT2D eigenvalue weighted by molar-refractivity contribution is -0.0220. The highest BCUT2D eigenvalue weighted by molar-refractivity contribution is 5.85. The van der Waals surface area contributed by atoms with Gasteiger partial charge < -0.3 is 9.64 Å². The second kappa shape index (κ2) is 6.30. The van der Waals surface area contributed by atoms with Crippen LogP contribution in [0.5, 0.6) is 0 Å². The van der Waals surface area contributed by atoms with Crippen LogP contribution in [0.2, 0.25) is 0 Å². The summed E-state index contributed by atoms with van der Waals surface area (Å²) in [5.74, 6) is 0.811. The van der Waals surface area contributed by atoms with Gasteiger partial charge in [0.25, 0.3) is 0 Å². The van der Waals surface area contributed by atoms with Crippen LogP contribution in [0.15, 0.2) is 0 Å². The molecule has 1 unspecified atom stereocenters. The molecule has 0 saturated carbocycles. The normalized spacial score (nSPS) is 32.5. The lowest BCUT2D eigenvalue weighted by Crippen LogP contribution is -2.48. The second-order valence-electron chi connectivity index (χ2n) is 7.31. The van der Waals surface area contributed by atoms with Gasteiger partial charge in [-0.1, -0.05) is 0 Å². The monoisotopic (exact) mass is 290 g/mol. The van der Waals surface area contributed by atoms with E-state index in [-0.39, 0.29) is 23.7 Å². The SMILES string of the molecule is CC(C)N1CCC(CC2(C)NC(C)(C)CO2)CC1.Cl. The molecule has 4 heteroatoms. The summed E-state index contributed by atoms with van der Waals surface area (Å²) in [5.41, 5.74) is 0.0293. The molecule has 2 aliphatic rings. The number of hydrogen-bond acceptors (Lipinski definition) is 3. The van der Waals surface area contributed by atoms with Gasteiger partial charge >= 0.3 is 0 Å². The molecule has 2 saturated heterocycles. The number of ether oxygens (including phenoxy) is 1. The fourth-order valence-corrected chi connectivity index (χ4v) is 3.46. The molecule has 2 rings (SSSR count). The minimum absolute atomic E-state index is 0. The summed E-state index contributed by atoms with van der Waals surface area (Å²) >= 11 is 0. The zero-order chi connectivity index (χ0) is 13.4. The summed E-state index contributed by atoms with van der Waals surface area (Å²) in [6, 6.07) is 0.696. The molecule has 1 atom stereocenters. The molecule has 2 fully saturated rings. The number of nitrogens with zero attached hydrogens (tertiary/aromatic N) is 1. The van der Waals surface area contributed by atoms with E-state index in [9.17, 15) is 0 Å². The number of nitrogens with one attached hydrogen (secondary N) is 1. The fraction of sp³-hybridized carbons (Fsp3) is 1.00. The van der Waals surface area contributed by atoms with Crippen molar-refractivity contribution in [2.24, 2.45) is 5.92 Å². The van der Waals surface area contributed by atoms with Crippen molar-refractivity contribution in [1.29, 1.82) is 0 Å². The topological polar surface area (TPSA) is 24.5 Å². The van der Waals surface area contributed by atoms with Gasteiger partial charge in [0.2, 0.25) is 0 Å². The summed E-state index contributed by atoms with van der Waals surface area (Å²) in [7, 11) is 0. The molecule has 114 valence electrons. The van der Waals surface area contributed by atoms with Crippen molar-refractivity contribution in [2.45, 2.75) is 71.2 Å². The van der Waals surface area contributed by atoms with Gasteiger partial charge in [-0.05, 0) is 72.9 Å². The molecule has 0 spiro atoms. The van der Waals surface area contributed by atoms with E-state index in [1.165, 1.54) is 25.9 Å². The van der Waals surface area contributed by atoms with Gasteiger partial charge in [-0.25, -0.2) is 0 Å². The van der Waals surface area contributed by atoms with Crippen LogP contribution in [-0.2, 0) is 4.74 Å². The van der Waals surface area contributed by atoms with Crippen LogP contribution >= 0.6 is 12.4 Å². The highest BCUT2D eigenvalue weighted by Gasteiger charge is 2.41. The maximum atomic E-state index is 6.01. The molecule has 0 aromatic rings. The summed E-state index contributed by atoms with van der Waals surface area (Å²) in [6.45, 7) is 14.6. The van der Waals surface area contributed by atoms with Crippen LogP contribution in [0.1, 0.15) is 53.9 Å². The molecular formula is C15H31ClN2O. The van der Waals surface area contributed by atoms with Crippen LogP contribution < -0.4 is 5.32 Å². The Kier molecular flexibility index (Phi) is 5.71. The molecule has 2 heterocycles. The van der Waals surface area contributed by atoms with E-state index in [1.54, 1.807) is 0 Å². The van der Waals surface area contributed by atoms with Gasteiger partial charge in [0.1, 0.15) is 5.72 Å². The zero-order valence-corrected chi connectivity index (χ0v) is 14.0. The molecule has 0 aliphatic carbocycles. The van der Waals surface area contributed by atoms with E-state index >= 15 is 0 Å². The van der Waals surface area contributed by atoms with Crippen LogP contribution in [0.3, 0.4) is 0 Å². The molecule has 0 aromatic heterocycles.